The van der Waals surface area contributed by atoms with Gasteiger partial charge in [0.15, 0.2) is 10.9 Å². The highest BCUT2D eigenvalue weighted by molar-refractivity contribution is 7.99. The van der Waals surface area contributed by atoms with Gasteiger partial charge in [0.25, 0.3) is 5.56 Å². The Morgan fingerprint density at radius 2 is 2.03 bits per heavy atom. The Labute approximate surface area is 194 Å². The molecular weight excluding hydrogens is 452 g/mol. The summed E-state index contributed by atoms with van der Waals surface area (Å²) >= 11 is 8.76. The molecule has 3 aromatic rings. The first-order valence-corrected chi connectivity index (χ1v) is 12.4. The number of rotatable bonds is 6. The normalized spacial score (nSPS) is 15.4. The highest BCUT2D eigenvalue weighted by atomic mass is 35.5. The van der Waals surface area contributed by atoms with E-state index in [1.54, 1.807) is 28.8 Å². The Hall–Kier alpha value is -1.67. The van der Waals surface area contributed by atoms with Crippen LogP contribution in [0.2, 0.25) is 5.02 Å². The summed E-state index contributed by atoms with van der Waals surface area (Å²) in [7, 11) is 0. The molecule has 8 heteroatoms. The number of fused-ring (bicyclic) bond motifs is 3. The molecule has 0 amide bonds. The maximum atomic E-state index is 13.6. The lowest BCUT2D eigenvalue weighted by molar-refractivity contribution is -0.0379. The fourth-order valence-corrected chi connectivity index (χ4v) is 5.87. The van der Waals surface area contributed by atoms with Crippen molar-refractivity contribution in [3.63, 3.8) is 0 Å². The van der Waals surface area contributed by atoms with E-state index in [2.05, 4.69) is 13.8 Å². The second kappa shape index (κ2) is 8.70. The van der Waals surface area contributed by atoms with E-state index in [4.69, 9.17) is 21.3 Å². The number of thiophene rings is 1. The molecule has 4 rings (SSSR count). The Kier molecular flexibility index (Phi) is 6.32. The number of Topliss-reactive ketones (excluding diaryl/α,β-unsaturated/α-hetero) is 1. The van der Waals surface area contributed by atoms with Crippen LogP contribution in [-0.4, -0.2) is 26.7 Å². The zero-order valence-electron chi connectivity index (χ0n) is 18.0. The maximum Gasteiger partial charge on any atom is 0.263 e. The number of halogens is 1. The topological polar surface area (TPSA) is 61.2 Å². The van der Waals surface area contributed by atoms with Crippen molar-refractivity contribution in [2.24, 2.45) is 5.92 Å². The molecule has 2 aromatic heterocycles. The Balaban J connectivity index is 1.71. The number of ether oxygens (including phenoxy) is 1. The van der Waals surface area contributed by atoms with E-state index in [0.29, 0.717) is 40.7 Å². The van der Waals surface area contributed by atoms with Crippen LogP contribution in [0, 0.1) is 5.92 Å². The number of hydrogen-bond donors (Lipinski definition) is 0. The number of nitrogens with zero attached hydrogens (tertiary/aromatic N) is 2. The van der Waals surface area contributed by atoms with Crippen molar-refractivity contribution in [1.29, 1.82) is 0 Å². The SMILES string of the molecule is CC(C)Cn1c(SCC(=O)c2ccc(Cl)cc2)nc2sc3c(c2c1=O)CC(C)(C)OC3. The predicted octanol–water partition coefficient (Wildman–Crippen LogP) is 5.59. The third-order valence-electron chi connectivity index (χ3n) is 5.20. The first-order valence-electron chi connectivity index (χ1n) is 10.3. The molecule has 3 heterocycles. The van der Waals surface area contributed by atoms with Gasteiger partial charge in [-0.2, -0.15) is 0 Å². The lowest BCUT2D eigenvalue weighted by Gasteiger charge is -2.30. The van der Waals surface area contributed by atoms with Gasteiger partial charge in [-0.25, -0.2) is 4.98 Å². The van der Waals surface area contributed by atoms with Crippen molar-refractivity contribution in [1.82, 2.24) is 9.55 Å². The monoisotopic (exact) mass is 476 g/mol. The first-order chi connectivity index (χ1) is 14.6. The average molecular weight is 477 g/mol. The van der Waals surface area contributed by atoms with E-state index >= 15 is 0 Å². The molecule has 0 saturated heterocycles. The van der Waals surface area contributed by atoms with Gasteiger partial charge in [-0.05, 0) is 49.6 Å². The quantitative estimate of drug-likeness (QED) is 0.263. The summed E-state index contributed by atoms with van der Waals surface area (Å²) in [5, 5.41) is 1.90. The van der Waals surface area contributed by atoms with Crippen LogP contribution in [0.15, 0.2) is 34.2 Å². The molecule has 0 saturated carbocycles. The molecule has 1 aliphatic rings. The van der Waals surface area contributed by atoms with Crippen molar-refractivity contribution >= 4 is 50.7 Å². The van der Waals surface area contributed by atoms with Crippen molar-refractivity contribution < 1.29 is 9.53 Å². The number of benzene rings is 1. The first kappa shape index (κ1) is 22.5. The highest BCUT2D eigenvalue weighted by Crippen LogP contribution is 2.37. The predicted molar refractivity (Wildman–Crippen MR) is 128 cm³/mol. The van der Waals surface area contributed by atoms with E-state index in [0.717, 1.165) is 15.3 Å². The summed E-state index contributed by atoms with van der Waals surface area (Å²) in [6.45, 7) is 9.31. The fourth-order valence-electron chi connectivity index (χ4n) is 3.69. The van der Waals surface area contributed by atoms with Crippen molar-refractivity contribution in [2.75, 3.05) is 5.75 Å². The number of thioether (sulfide) groups is 1. The van der Waals surface area contributed by atoms with E-state index in [1.165, 1.54) is 23.1 Å². The molecule has 1 aromatic carbocycles. The molecular formula is C23H25ClN2O3S2. The molecule has 5 nitrogen and oxygen atoms in total. The number of carbonyl (C=O) groups is 1. The molecule has 0 atom stereocenters. The minimum atomic E-state index is -0.297. The summed E-state index contributed by atoms with van der Waals surface area (Å²) in [5.74, 6) is 0.462. The van der Waals surface area contributed by atoms with Gasteiger partial charge in [-0.3, -0.25) is 14.2 Å². The Morgan fingerprint density at radius 3 is 2.71 bits per heavy atom. The molecule has 0 spiro atoms. The minimum Gasteiger partial charge on any atom is -0.370 e. The second-order valence-corrected chi connectivity index (χ2v) is 11.3. The molecule has 0 fully saturated rings. The van der Waals surface area contributed by atoms with Gasteiger partial charge in [-0.1, -0.05) is 37.2 Å². The Bertz CT molecular complexity index is 1200. The summed E-state index contributed by atoms with van der Waals surface area (Å²) in [5.41, 5.74) is 1.35. The summed E-state index contributed by atoms with van der Waals surface area (Å²) in [6, 6.07) is 6.85. The largest absolute Gasteiger partial charge is 0.370 e. The van der Waals surface area contributed by atoms with Crippen LogP contribution in [0.25, 0.3) is 10.2 Å². The van der Waals surface area contributed by atoms with Crippen LogP contribution in [0.1, 0.15) is 48.5 Å². The van der Waals surface area contributed by atoms with Crippen LogP contribution in [0.4, 0.5) is 0 Å². The smallest absolute Gasteiger partial charge is 0.263 e. The van der Waals surface area contributed by atoms with E-state index < -0.39 is 0 Å². The maximum absolute atomic E-state index is 13.6. The molecule has 164 valence electrons. The van der Waals surface area contributed by atoms with Crippen LogP contribution in [-0.2, 0) is 24.3 Å². The number of hydrogen-bond acceptors (Lipinski definition) is 6. The van der Waals surface area contributed by atoms with Gasteiger partial charge in [-0.15, -0.1) is 11.3 Å². The van der Waals surface area contributed by atoms with Crippen molar-refractivity contribution in [2.45, 2.75) is 58.0 Å². The minimum absolute atomic E-state index is 0.0182. The summed E-state index contributed by atoms with van der Waals surface area (Å²) < 4.78 is 7.68. The van der Waals surface area contributed by atoms with Gasteiger partial charge in [0.2, 0.25) is 0 Å². The van der Waals surface area contributed by atoms with Gasteiger partial charge in [0.1, 0.15) is 4.83 Å². The lowest BCUT2D eigenvalue weighted by atomic mass is 9.94. The van der Waals surface area contributed by atoms with Gasteiger partial charge in [0.05, 0.1) is 23.3 Å². The van der Waals surface area contributed by atoms with Crippen LogP contribution >= 0.6 is 34.7 Å². The molecule has 1 aliphatic heterocycles. The van der Waals surface area contributed by atoms with Crippen LogP contribution < -0.4 is 5.56 Å². The molecule has 0 bridgehead atoms. The van der Waals surface area contributed by atoms with Gasteiger partial charge >= 0.3 is 0 Å². The van der Waals surface area contributed by atoms with E-state index in [-0.39, 0.29) is 28.6 Å². The number of ketones is 1. The van der Waals surface area contributed by atoms with Crippen LogP contribution in [0.3, 0.4) is 0 Å². The van der Waals surface area contributed by atoms with Gasteiger partial charge in [0, 0.05) is 28.4 Å². The molecule has 0 N–H and O–H groups in total. The molecule has 31 heavy (non-hydrogen) atoms. The van der Waals surface area contributed by atoms with Crippen molar-refractivity contribution in [3.05, 3.63) is 55.6 Å². The lowest BCUT2D eigenvalue weighted by Crippen LogP contribution is -2.32. The third-order valence-corrected chi connectivity index (χ3v) is 7.53. The molecule has 0 radical (unpaired) electrons. The fraction of sp³-hybridized carbons (Fsp3) is 0.435. The standard InChI is InChI=1S/C23H25ClN2O3S2/c1-13(2)10-26-21(28)19-16-9-23(3,4)29-11-18(16)31-20(19)25-22(26)30-12-17(27)14-5-7-15(24)8-6-14/h5-8,13H,9-12H2,1-4H3. The summed E-state index contributed by atoms with van der Waals surface area (Å²) in [6.07, 6.45) is 0.697. The number of aromatic nitrogens is 2. The second-order valence-electron chi connectivity index (χ2n) is 8.83. The molecule has 0 aliphatic carbocycles. The van der Waals surface area contributed by atoms with E-state index in [1.807, 2.05) is 13.8 Å². The zero-order valence-corrected chi connectivity index (χ0v) is 20.4. The van der Waals surface area contributed by atoms with Gasteiger partial charge < -0.3 is 4.74 Å². The zero-order chi connectivity index (χ0) is 22.3. The Morgan fingerprint density at radius 1 is 1.32 bits per heavy atom. The number of carbonyl (C=O) groups excluding carboxylic acids is 1. The third kappa shape index (κ3) is 4.75. The summed E-state index contributed by atoms with van der Waals surface area (Å²) in [4.78, 5) is 32.9. The van der Waals surface area contributed by atoms with E-state index in [9.17, 15) is 9.59 Å². The average Bonchev–Trinajstić information content (AvgIpc) is 3.05. The van der Waals surface area contributed by atoms with Crippen LogP contribution in [0.5, 0.6) is 0 Å². The highest BCUT2D eigenvalue weighted by Gasteiger charge is 2.31. The van der Waals surface area contributed by atoms with Crippen molar-refractivity contribution in [3.8, 4) is 0 Å². The molecule has 0 unspecified atom stereocenters.